The molecule has 0 spiro atoms. The van der Waals surface area contributed by atoms with Crippen molar-refractivity contribution in [2.75, 3.05) is 20.7 Å². The van der Waals surface area contributed by atoms with E-state index in [4.69, 9.17) is 4.74 Å². The molecule has 0 saturated heterocycles. The molecule has 0 aliphatic carbocycles. The van der Waals surface area contributed by atoms with Crippen LogP contribution >= 0.6 is 11.3 Å². The Balaban J connectivity index is 2.29. The zero-order valence-electron chi connectivity index (χ0n) is 18.4. The third-order valence-corrected chi connectivity index (χ3v) is 6.63. The molecular formula is C25H28FNO2S. The summed E-state index contributed by atoms with van der Waals surface area (Å²) in [6.45, 7) is 8.34. The summed E-state index contributed by atoms with van der Waals surface area (Å²) < 4.78 is 20.8. The summed E-state index contributed by atoms with van der Waals surface area (Å²) in [5, 5.41) is 5.02. The number of hydrogen-bond donors (Lipinski definition) is 1. The Morgan fingerprint density at radius 3 is 2.53 bits per heavy atom. The van der Waals surface area contributed by atoms with Gasteiger partial charge in [-0.25, -0.2) is 4.39 Å². The van der Waals surface area contributed by atoms with Crippen molar-refractivity contribution >= 4 is 17.1 Å². The molecule has 158 valence electrons. The van der Waals surface area contributed by atoms with E-state index in [1.807, 2.05) is 57.5 Å². The van der Waals surface area contributed by atoms with Crippen LogP contribution in [0.4, 0.5) is 4.39 Å². The predicted molar refractivity (Wildman–Crippen MR) is 124 cm³/mol. The third kappa shape index (κ3) is 4.05. The van der Waals surface area contributed by atoms with Gasteiger partial charge >= 0.3 is 0 Å². The van der Waals surface area contributed by atoms with Gasteiger partial charge in [-0.15, -0.1) is 11.3 Å². The highest BCUT2D eigenvalue weighted by atomic mass is 32.1. The van der Waals surface area contributed by atoms with Gasteiger partial charge in [0.2, 0.25) is 0 Å². The van der Waals surface area contributed by atoms with Gasteiger partial charge in [0, 0.05) is 17.7 Å². The minimum Gasteiger partial charge on any atom is -0.496 e. The van der Waals surface area contributed by atoms with E-state index in [9.17, 15) is 4.79 Å². The number of ketones is 1. The summed E-state index contributed by atoms with van der Waals surface area (Å²) in [7, 11) is 3.49. The van der Waals surface area contributed by atoms with Crippen molar-refractivity contribution in [2.24, 2.45) is 0 Å². The smallest absolute Gasteiger partial charge is 0.170 e. The lowest BCUT2D eigenvalue weighted by atomic mass is 9.86. The summed E-state index contributed by atoms with van der Waals surface area (Å²) in [4.78, 5) is 12.9. The van der Waals surface area contributed by atoms with Gasteiger partial charge in [0.1, 0.15) is 11.6 Å². The fourth-order valence-electron chi connectivity index (χ4n) is 3.95. The predicted octanol–water partition coefficient (Wildman–Crippen LogP) is 6.37. The Morgan fingerprint density at radius 1 is 1.20 bits per heavy atom. The molecule has 3 nitrogen and oxygen atoms in total. The third-order valence-electron chi connectivity index (χ3n) is 5.62. The van der Waals surface area contributed by atoms with Crippen molar-refractivity contribution in [3.63, 3.8) is 0 Å². The zero-order chi connectivity index (χ0) is 22.0. The van der Waals surface area contributed by atoms with Gasteiger partial charge in [-0.2, -0.15) is 0 Å². The molecule has 1 aromatic heterocycles. The normalized spacial score (nSPS) is 12.1. The molecule has 0 saturated carbocycles. The van der Waals surface area contributed by atoms with Gasteiger partial charge in [0.15, 0.2) is 5.78 Å². The lowest BCUT2D eigenvalue weighted by molar-refractivity contribution is 0.102. The van der Waals surface area contributed by atoms with Gasteiger partial charge in [-0.1, -0.05) is 19.1 Å². The summed E-state index contributed by atoms with van der Waals surface area (Å²) >= 11 is 1.43. The monoisotopic (exact) mass is 425 g/mol. The minimum atomic E-state index is -0.237. The number of thiophene rings is 1. The van der Waals surface area contributed by atoms with Crippen LogP contribution in [-0.4, -0.2) is 26.5 Å². The summed E-state index contributed by atoms with van der Waals surface area (Å²) in [6, 6.07) is 9.32. The van der Waals surface area contributed by atoms with Gasteiger partial charge in [-0.05, 0) is 85.1 Å². The van der Waals surface area contributed by atoms with Crippen molar-refractivity contribution in [2.45, 2.75) is 33.6 Å². The second kappa shape index (κ2) is 9.11. The molecule has 0 amide bonds. The maximum Gasteiger partial charge on any atom is 0.170 e. The minimum absolute atomic E-state index is 0.0215. The molecule has 3 rings (SSSR count). The van der Waals surface area contributed by atoms with Crippen LogP contribution in [0.5, 0.6) is 5.75 Å². The Labute approximate surface area is 181 Å². The molecule has 1 atom stereocenters. The lowest BCUT2D eigenvalue weighted by Gasteiger charge is -2.20. The summed E-state index contributed by atoms with van der Waals surface area (Å²) in [5.41, 5.74) is 6.14. The van der Waals surface area contributed by atoms with Crippen LogP contribution in [0.25, 0.3) is 22.3 Å². The molecule has 30 heavy (non-hydrogen) atoms. The molecule has 1 heterocycles. The maximum atomic E-state index is 15.1. The first-order valence-corrected chi connectivity index (χ1v) is 10.9. The number of hydrogen-bond acceptors (Lipinski definition) is 4. The second-order valence-corrected chi connectivity index (χ2v) is 8.60. The second-order valence-electron chi connectivity index (χ2n) is 7.69. The van der Waals surface area contributed by atoms with Crippen LogP contribution in [0, 0.1) is 19.7 Å². The maximum absolute atomic E-state index is 15.1. The Morgan fingerprint density at radius 2 is 1.93 bits per heavy atom. The van der Waals surface area contributed by atoms with Crippen LogP contribution in [-0.2, 0) is 0 Å². The standard InChI is InChI=1S/C25H28FNO2S/c1-14-11-22(29-6)24(18-7-8-19(21(26)12-18)15(2)13-27-5)23(16(14)3)20-9-10-30-25(20)17(4)28/h7-12,15,27H,13H2,1-6H3/t15-/m0/s1. The molecule has 0 bridgehead atoms. The Bertz CT molecular complexity index is 1090. The lowest BCUT2D eigenvalue weighted by Crippen LogP contribution is -2.15. The fraction of sp³-hybridized carbons (Fsp3) is 0.320. The van der Waals surface area contributed by atoms with E-state index in [0.717, 1.165) is 33.4 Å². The van der Waals surface area contributed by atoms with Crippen molar-refractivity contribution in [3.05, 3.63) is 63.1 Å². The molecule has 5 heteroatoms. The number of aryl methyl sites for hydroxylation is 1. The van der Waals surface area contributed by atoms with Gasteiger partial charge in [-0.3, -0.25) is 4.79 Å². The van der Waals surface area contributed by atoms with Crippen LogP contribution in [0.1, 0.15) is 46.1 Å². The quantitative estimate of drug-likeness (QED) is 0.447. The van der Waals surface area contributed by atoms with Gasteiger partial charge in [0.05, 0.1) is 12.0 Å². The van der Waals surface area contributed by atoms with Crippen molar-refractivity contribution < 1.29 is 13.9 Å². The van der Waals surface area contributed by atoms with Crippen LogP contribution in [0.15, 0.2) is 35.7 Å². The average Bonchev–Trinajstić information content (AvgIpc) is 3.19. The Kier molecular flexibility index (Phi) is 6.74. The van der Waals surface area contributed by atoms with Crippen molar-refractivity contribution in [1.29, 1.82) is 0 Å². The number of likely N-dealkylation sites (N-methyl/N-ethyl adjacent to an activating group) is 1. The number of benzene rings is 2. The molecule has 2 aromatic carbocycles. The number of carbonyl (C=O) groups is 1. The van der Waals surface area contributed by atoms with E-state index < -0.39 is 0 Å². The highest BCUT2D eigenvalue weighted by Gasteiger charge is 2.23. The first-order valence-electron chi connectivity index (χ1n) is 10.0. The topological polar surface area (TPSA) is 38.3 Å². The molecule has 0 aliphatic heterocycles. The van der Waals surface area contributed by atoms with Crippen molar-refractivity contribution in [3.8, 4) is 28.0 Å². The Hall–Kier alpha value is -2.50. The first kappa shape index (κ1) is 22.2. The van der Waals surface area contributed by atoms with E-state index >= 15 is 4.39 Å². The SMILES string of the molecule is CNC[C@H](C)c1ccc(-c2c(OC)cc(C)c(C)c2-c2ccsc2C(C)=O)cc1F. The van der Waals surface area contributed by atoms with Crippen LogP contribution in [0.2, 0.25) is 0 Å². The molecule has 0 fully saturated rings. The molecule has 0 radical (unpaired) electrons. The average molecular weight is 426 g/mol. The van der Waals surface area contributed by atoms with Crippen molar-refractivity contribution in [1.82, 2.24) is 5.32 Å². The molecule has 0 aliphatic rings. The number of methoxy groups -OCH3 is 1. The highest BCUT2D eigenvalue weighted by molar-refractivity contribution is 7.12. The van der Waals surface area contributed by atoms with E-state index in [-0.39, 0.29) is 17.5 Å². The molecule has 1 N–H and O–H groups in total. The fourth-order valence-corrected chi connectivity index (χ4v) is 4.75. The van der Waals surface area contributed by atoms with Crippen LogP contribution in [0.3, 0.4) is 0 Å². The van der Waals surface area contributed by atoms with E-state index in [1.165, 1.54) is 11.3 Å². The zero-order valence-corrected chi connectivity index (χ0v) is 19.2. The molecule has 3 aromatic rings. The number of rotatable bonds is 7. The van der Waals surface area contributed by atoms with E-state index in [1.54, 1.807) is 20.1 Å². The van der Waals surface area contributed by atoms with E-state index in [0.29, 0.717) is 22.7 Å². The van der Waals surface area contributed by atoms with Crippen LogP contribution < -0.4 is 10.1 Å². The van der Waals surface area contributed by atoms with Gasteiger partial charge < -0.3 is 10.1 Å². The number of ether oxygens (including phenoxy) is 1. The number of nitrogens with one attached hydrogen (secondary N) is 1. The molecular weight excluding hydrogens is 397 g/mol. The first-order chi connectivity index (χ1) is 14.3. The number of halogens is 1. The molecule has 0 unspecified atom stereocenters. The van der Waals surface area contributed by atoms with Gasteiger partial charge in [0.25, 0.3) is 0 Å². The largest absolute Gasteiger partial charge is 0.496 e. The summed E-state index contributed by atoms with van der Waals surface area (Å²) in [6.07, 6.45) is 0. The summed E-state index contributed by atoms with van der Waals surface area (Å²) in [5.74, 6) is 0.516. The number of carbonyl (C=O) groups excluding carboxylic acids is 1. The number of Topliss-reactive ketones (excluding diaryl/α,β-unsaturated/α-hetero) is 1. The highest BCUT2D eigenvalue weighted by Crippen LogP contribution is 2.45. The van der Waals surface area contributed by atoms with E-state index in [2.05, 4.69) is 5.32 Å².